The highest BCUT2D eigenvalue weighted by atomic mass is 32.1. The summed E-state index contributed by atoms with van der Waals surface area (Å²) in [7, 11) is 0. The maximum absolute atomic E-state index is 12.1. The molecule has 1 amide bonds. The van der Waals surface area contributed by atoms with Crippen LogP contribution in [0.1, 0.15) is 33.5 Å². The number of thiophene rings is 1. The molecule has 2 heterocycles. The largest absolute Gasteiger partial charge is 0.348 e. The van der Waals surface area contributed by atoms with Gasteiger partial charge in [-0.05, 0) is 50.9 Å². The summed E-state index contributed by atoms with van der Waals surface area (Å²) in [6.45, 7) is 8.28. The summed E-state index contributed by atoms with van der Waals surface area (Å²) < 4.78 is 0. The van der Waals surface area contributed by atoms with Crippen LogP contribution in [0.4, 0.5) is 0 Å². The summed E-state index contributed by atoms with van der Waals surface area (Å²) in [6, 6.07) is 2.30. The van der Waals surface area contributed by atoms with Gasteiger partial charge in [0.25, 0.3) is 5.91 Å². The topological polar surface area (TPSA) is 41.1 Å². The van der Waals surface area contributed by atoms with Gasteiger partial charge in [0.05, 0.1) is 4.88 Å². The van der Waals surface area contributed by atoms with Gasteiger partial charge in [0.15, 0.2) is 0 Å². The molecule has 4 heteroatoms. The summed E-state index contributed by atoms with van der Waals surface area (Å²) in [5, 5.41) is 6.50. The number of carbonyl (C=O) groups is 1. The van der Waals surface area contributed by atoms with Crippen LogP contribution in [0.2, 0.25) is 0 Å². The van der Waals surface area contributed by atoms with Crippen LogP contribution in [0.5, 0.6) is 0 Å². The van der Waals surface area contributed by atoms with Crippen molar-refractivity contribution >= 4 is 17.2 Å². The van der Waals surface area contributed by atoms with E-state index in [1.54, 1.807) is 11.3 Å². The van der Waals surface area contributed by atoms with Crippen LogP contribution in [0, 0.1) is 19.8 Å². The lowest BCUT2D eigenvalue weighted by molar-refractivity contribution is 0.0918. The Morgan fingerprint density at radius 2 is 2.29 bits per heavy atom. The third kappa shape index (κ3) is 2.87. The molecule has 0 saturated carbocycles. The first-order chi connectivity index (χ1) is 8.08. The molecule has 0 spiro atoms. The summed E-state index contributed by atoms with van der Waals surface area (Å²) in [5.74, 6) is 0.597. The number of carbonyl (C=O) groups excluding carboxylic acids is 1. The van der Waals surface area contributed by atoms with Crippen LogP contribution >= 0.6 is 11.3 Å². The predicted octanol–water partition coefficient (Wildman–Crippen LogP) is 2.09. The van der Waals surface area contributed by atoms with E-state index in [4.69, 9.17) is 0 Å². The lowest BCUT2D eigenvalue weighted by Crippen LogP contribution is -2.48. The molecule has 94 valence electrons. The standard InChI is InChI=1S/C13H20N2OS/c1-8-6-12(17-10(8)3)13(16)15-11-4-5-14-7-9(11)2/h6,9,11,14H,4-5,7H2,1-3H3,(H,15,16). The molecule has 17 heavy (non-hydrogen) atoms. The maximum Gasteiger partial charge on any atom is 0.261 e. The van der Waals surface area contributed by atoms with Crippen LogP contribution in [-0.4, -0.2) is 25.0 Å². The van der Waals surface area contributed by atoms with E-state index < -0.39 is 0 Å². The molecule has 2 unspecified atom stereocenters. The minimum atomic E-state index is 0.0879. The SMILES string of the molecule is Cc1cc(C(=O)NC2CCNCC2C)sc1C. The predicted molar refractivity (Wildman–Crippen MR) is 71.7 cm³/mol. The molecular weight excluding hydrogens is 232 g/mol. The fourth-order valence-corrected chi connectivity index (χ4v) is 3.09. The molecular formula is C13H20N2OS. The second kappa shape index (κ2) is 5.19. The molecule has 2 atom stereocenters. The van der Waals surface area contributed by atoms with Gasteiger partial charge in [0, 0.05) is 10.9 Å². The molecule has 3 nitrogen and oxygen atoms in total. The van der Waals surface area contributed by atoms with Gasteiger partial charge in [-0.1, -0.05) is 6.92 Å². The minimum absolute atomic E-state index is 0.0879. The van der Waals surface area contributed by atoms with Gasteiger partial charge in [0.2, 0.25) is 0 Å². The Bertz CT molecular complexity index is 394. The molecule has 1 fully saturated rings. The van der Waals surface area contributed by atoms with Gasteiger partial charge >= 0.3 is 0 Å². The summed E-state index contributed by atoms with van der Waals surface area (Å²) in [5.41, 5.74) is 1.21. The Balaban J connectivity index is 2.01. The number of piperidine rings is 1. The van der Waals surface area contributed by atoms with E-state index in [0.29, 0.717) is 12.0 Å². The number of rotatable bonds is 2. The molecule has 1 aliphatic heterocycles. The van der Waals surface area contributed by atoms with Crippen molar-refractivity contribution in [3.8, 4) is 0 Å². The van der Waals surface area contributed by atoms with Crippen molar-refractivity contribution in [2.24, 2.45) is 5.92 Å². The van der Waals surface area contributed by atoms with Crippen molar-refractivity contribution in [3.05, 3.63) is 21.4 Å². The molecule has 1 aromatic rings. The first-order valence-corrected chi connectivity index (χ1v) is 6.98. The third-order valence-corrected chi connectivity index (χ3v) is 4.64. The number of hydrogen-bond donors (Lipinski definition) is 2. The Morgan fingerprint density at radius 3 is 2.88 bits per heavy atom. The van der Waals surface area contributed by atoms with Crippen LogP contribution in [0.25, 0.3) is 0 Å². The third-order valence-electron chi connectivity index (χ3n) is 3.49. The highest BCUT2D eigenvalue weighted by Crippen LogP contribution is 2.21. The number of nitrogens with one attached hydrogen (secondary N) is 2. The van der Waals surface area contributed by atoms with Crippen LogP contribution in [0.15, 0.2) is 6.07 Å². The molecule has 0 aromatic carbocycles. The second-order valence-corrected chi connectivity index (χ2v) is 6.16. The zero-order valence-electron chi connectivity index (χ0n) is 10.7. The van der Waals surface area contributed by atoms with Crippen molar-refractivity contribution in [2.75, 3.05) is 13.1 Å². The van der Waals surface area contributed by atoms with Crippen molar-refractivity contribution in [2.45, 2.75) is 33.2 Å². The fourth-order valence-electron chi connectivity index (χ4n) is 2.15. The van der Waals surface area contributed by atoms with Crippen molar-refractivity contribution in [3.63, 3.8) is 0 Å². The lowest BCUT2D eigenvalue weighted by Gasteiger charge is -2.30. The molecule has 1 saturated heterocycles. The monoisotopic (exact) mass is 252 g/mol. The second-order valence-electron chi connectivity index (χ2n) is 4.90. The number of hydrogen-bond acceptors (Lipinski definition) is 3. The van der Waals surface area contributed by atoms with Crippen molar-refractivity contribution in [1.29, 1.82) is 0 Å². The van der Waals surface area contributed by atoms with Crippen molar-refractivity contribution in [1.82, 2.24) is 10.6 Å². The van der Waals surface area contributed by atoms with Gasteiger partial charge in [0.1, 0.15) is 0 Å². The molecule has 1 aliphatic rings. The summed E-state index contributed by atoms with van der Waals surface area (Å²) in [4.78, 5) is 14.2. The number of amides is 1. The van der Waals surface area contributed by atoms with Gasteiger partial charge in [-0.25, -0.2) is 0 Å². The highest BCUT2D eigenvalue weighted by Gasteiger charge is 2.23. The van der Waals surface area contributed by atoms with Crippen LogP contribution < -0.4 is 10.6 Å². The highest BCUT2D eigenvalue weighted by molar-refractivity contribution is 7.14. The molecule has 2 rings (SSSR count). The van der Waals surface area contributed by atoms with E-state index in [1.165, 1.54) is 10.4 Å². The van der Waals surface area contributed by atoms with E-state index in [-0.39, 0.29) is 5.91 Å². The molecule has 0 aliphatic carbocycles. The molecule has 0 radical (unpaired) electrons. The van der Waals surface area contributed by atoms with Gasteiger partial charge in [-0.15, -0.1) is 11.3 Å². The van der Waals surface area contributed by atoms with Gasteiger partial charge in [-0.2, -0.15) is 0 Å². The quantitative estimate of drug-likeness (QED) is 0.846. The molecule has 1 aromatic heterocycles. The first kappa shape index (κ1) is 12.6. The smallest absolute Gasteiger partial charge is 0.261 e. The van der Waals surface area contributed by atoms with E-state index in [1.807, 2.05) is 6.07 Å². The normalized spacial score (nSPS) is 24.6. The number of aryl methyl sites for hydroxylation is 2. The Hall–Kier alpha value is -0.870. The Kier molecular flexibility index (Phi) is 3.84. The zero-order valence-corrected chi connectivity index (χ0v) is 11.5. The van der Waals surface area contributed by atoms with E-state index in [2.05, 4.69) is 31.4 Å². The van der Waals surface area contributed by atoms with E-state index >= 15 is 0 Å². The van der Waals surface area contributed by atoms with Gasteiger partial charge < -0.3 is 10.6 Å². The molecule has 2 N–H and O–H groups in total. The lowest BCUT2D eigenvalue weighted by atomic mass is 9.95. The Morgan fingerprint density at radius 1 is 1.53 bits per heavy atom. The van der Waals surface area contributed by atoms with E-state index in [9.17, 15) is 4.79 Å². The minimum Gasteiger partial charge on any atom is -0.348 e. The average molecular weight is 252 g/mol. The van der Waals surface area contributed by atoms with Crippen LogP contribution in [-0.2, 0) is 0 Å². The fraction of sp³-hybridized carbons (Fsp3) is 0.615. The van der Waals surface area contributed by atoms with Gasteiger partial charge in [-0.3, -0.25) is 4.79 Å². The Labute approximate surface area is 107 Å². The zero-order chi connectivity index (χ0) is 12.4. The molecule has 0 bridgehead atoms. The summed E-state index contributed by atoms with van der Waals surface area (Å²) >= 11 is 1.58. The average Bonchev–Trinajstić information content (AvgIpc) is 2.63. The summed E-state index contributed by atoms with van der Waals surface area (Å²) in [6.07, 6.45) is 1.02. The van der Waals surface area contributed by atoms with Crippen LogP contribution in [0.3, 0.4) is 0 Å². The maximum atomic E-state index is 12.1. The van der Waals surface area contributed by atoms with Crippen molar-refractivity contribution < 1.29 is 4.79 Å². The van der Waals surface area contributed by atoms with E-state index in [0.717, 1.165) is 24.4 Å². The first-order valence-electron chi connectivity index (χ1n) is 6.16.